The molecule has 0 spiro atoms. The molecule has 3 aromatic rings. The Morgan fingerprint density at radius 1 is 1.17 bits per heavy atom. The molecule has 0 radical (unpaired) electrons. The van der Waals surface area contributed by atoms with E-state index in [2.05, 4.69) is 30.6 Å². The zero-order valence-corrected chi connectivity index (χ0v) is 15.9. The maximum Gasteiger partial charge on any atom is 0.254 e. The summed E-state index contributed by atoms with van der Waals surface area (Å²) in [6, 6.07) is 8.94. The number of nitrogens with zero attached hydrogens (tertiary/aromatic N) is 4. The molecule has 29 heavy (non-hydrogen) atoms. The van der Waals surface area contributed by atoms with Gasteiger partial charge in [0.25, 0.3) is 5.91 Å². The fourth-order valence-electron chi connectivity index (χ4n) is 2.53. The van der Waals surface area contributed by atoms with Gasteiger partial charge in [-0.15, -0.1) is 0 Å². The van der Waals surface area contributed by atoms with Gasteiger partial charge in [0.05, 0.1) is 6.61 Å². The quantitative estimate of drug-likeness (QED) is 0.418. The van der Waals surface area contributed by atoms with Crippen LogP contribution in [0.4, 0.5) is 17.5 Å². The SMILES string of the molecule is COCC(N)CNc1ncc(C(N)=O)c(Nc2ccc(-c3ncccn3)cc2)n1. The molecule has 0 aliphatic heterocycles. The second kappa shape index (κ2) is 9.53. The Kier molecular flexibility index (Phi) is 6.61. The Morgan fingerprint density at radius 2 is 1.90 bits per heavy atom. The lowest BCUT2D eigenvalue weighted by Gasteiger charge is -2.14. The first-order chi connectivity index (χ1) is 14.1. The van der Waals surface area contributed by atoms with Crippen molar-refractivity contribution in [2.75, 3.05) is 30.9 Å². The van der Waals surface area contributed by atoms with Crippen LogP contribution in [0.2, 0.25) is 0 Å². The van der Waals surface area contributed by atoms with Crippen LogP contribution >= 0.6 is 0 Å². The Bertz CT molecular complexity index is 950. The molecule has 0 fully saturated rings. The Hall–Kier alpha value is -3.63. The van der Waals surface area contributed by atoms with Crippen LogP contribution in [0.15, 0.2) is 48.9 Å². The van der Waals surface area contributed by atoms with Gasteiger partial charge >= 0.3 is 0 Å². The third-order valence-electron chi connectivity index (χ3n) is 3.93. The molecule has 150 valence electrons. The third kappa shape index (κ3) is 5.43. The van der Waals surface area contributed by atoms with Crippen molar-refractivity contribution in [1.82, 2.24) is 19.9 Å². The van der Waals surface area contributed by atoms with E-state index in [1.54, 1.807) is 25.6 Å². The van der Waals surface area contributed by atoms with Gasteiger partial charge in [0.15, 0.2) is 5.82 Å². The fraction of sp³-hybridized carbons (Fsp3) is 0.211. The third-order valence-corrected chi connectivity index (χ3v) is 3.93. The predicted molar refractivity (Wildman–Crippen MR) is 110 cm³/mol. The van der Waals surface area contributed by atoms with Gasteiger partial charge in [-0.3, -0.25) is 4.79 Å². The molecule has 0 aliphatic rings. The number of benzene rings is 1. The van der Waals surface area contributed by atoms with E-state index in [4.69, 9.17) is 16.2 Å². The minimum Gasteiger partial charge on any atom is -0.383 e. The van der Waals surface area contributed by atoms with Crippen LogP contribution in [0, 0.1) is 0 Å². The number of ether oxygens (including phenoxy) is 1. The number of primary amides is 1. The van der Waals surface area contributed by atoms with Crippen molar-refractivity contribution in [2.24, 2.45) is 11.5 Å². The van der Waals surface area contributed by atoms with E-state index in [9.17, 15) is 4.79 Å². The van der Waals surface area contributed by atoms with Crippen LogP contribution in [-0.4, -0.2) is 52.1 Å². The molecule has 6 N–H and O–H groups in total. The summed E-state index contributed by atoms with van der Waals surface area (Å²) in [5.74, 6) is 0.597. The van der Waals surface area contributed by atoms with Crippen LogP contribution in [0.5, 0.6) is 0 Å². The van der Waals surface area contributed by atoms with E-state index < -0.39 is 5.91 Å². The van der Waals surface area contributed by atoms with Crippen molar-refractivity contribution >= 4 is 23.4 Å². The number of nitrogens with two attached hydrogens (primary N) is 2. The van der Waals surface area contributed by atoms with Crippen molar-refractivity contribution in [1.29, 1.82) is 0 Å². The Labute approximate surface area is 167 Å². The standard InChI is InChI=1S/C19H22N8O2/c1-29-11-13(20)9-24-19-25-10-15(16(21)28)18(27-19)26-14-5-3-12(4-6-14)17-22-7-2-8-23-17/h2-8,10,13H,9,11,20H2,1H3,(H2,21,28)(H2,24,25,26,27). The molecule has 0 saturated carbocycles. The minimum absolute atomic E-state index is 0.173. The summed E-state index contributed by atoms with van der Waals surface area (Å²) in [4.78, 5) is 28.6. The highest BCUT2D eigenvalue weighted by molar-refractivity contribution is 5.98. The normalized spacial score (nSPS) is 11.7. The van der Waals surface area contributed by atoms with Crippen LogP contribution in [0.3, 0.4) is 0 Å². The van der Waals surface area contributed by atoms with Gasteiger partial charge in [0, 0.05) is 49.5 Å². The molecule has 2 heterocycles. The number of hydrogen-bond donors (Lipinski definition) is 4. The number of hydrogen-bond acceptors (Lipinski definition) is 9. The van der Waals surface area contributed by atoms with Crippen molar-refractivity contribution in [3.05, 3.63) is 54.5 Å². The first kappa shape index (κ1) is 20.1. The van der Waals surface area contributed by atoms with Crippen LogP contribution in [-0.2, 0) is 4.74 Å². The van der Waals surface area contributed by atoms with Crippen LogP contribution in [0.1, 0.15) is 10.4 Å². The maximum absolute atomic E-state index is 11.7. The zero-order valence-electron chi connectivity index (χ0n) is 15.9. The number of aromatic nitrogens is 4. The molecular formula is C19H22N8O2. The van der Waals surface area contributed by atoms with Gasteiger partial charge in [0.2, 0.25) is 5.95 Å². The van der Waals surface area contributed by atoms with E-state index in [0.717, 1.165) is 5.56 Å². The molecule has 10 heteroatoms. The number of rotatable bonds is 9. The van der Waals surface area contributed by atoms with E-state index in [0.29, 0.717) is 36.4 Å². The van der Waals surface area contributed by atoms with Crippen LogP contribution in [0.25, 0.3) is 11.4 Å². The molecule has 10 nitrogen and oxygen atoms in total. The van der Waals surface area contributed by atoms with Crippen LogP contribution < -0.4 is 22.1 Å². The molecule has 1 aromatic carbocycles. The van der Waals surface area contributed by atoms with E-state index >= 15 is 0 Å². The predicted octanol–water partition coefficient (Wildman–Crippen LogP) is 1.16. The minimum atomic E-state index is -0.635. The molecule has 0 bridgehead atoms. The van der Waals surface area contributed by atoms with E-state index in [1.165, 1.54) is 6.20 Å². The molecule has 1 atom stereocenters. The van der Waals surface area contributed by atoms with Gasteiger partial charge < -0.3 is 26.8 Å². The average molecular weight is 394 g/mol. The smallest absolute Gasteiger partial charge is 0.254 e. The first-order valence-corrected chi connectivity index (χ1v) is 8.86. The highest BCUT2D eigenvalue weighted by Gasteiger charge is 2.13. The lowest BCUT2D eigenvalue weighted by molar-refractivity contribution is 0.100. The lowest BCUT2D eigenvalue weighted by atomic mass is 10.2. The molecule has 1 unspecified atom stereocenters. The first-order valence-electron chi connectivity index (χ1n) is 8.86. The number of nitrogens with one attached hydrogen (secondary N) is 2. The summed E-state index contributed by atoms with van der Waals surface area (Å²) in [5, 5.41) is 6.11. The molecule has 1 amide bonds. The molecule has 3 rings (SSSR count). The summed E-state index contributed by atoms with van der Waals surface area (Å²) >= 11 is 0. The zero-order chi connectivity index (χ0) is 20.6. The fourth-order valence-corrected chi connectivity index (χ4v) is 2.53. The van der Waals surface area contributed by atoms with Gasteiger partial charge in [-0.25, -0.2) is 15.0 Å². The van der Waals surface area contributed by atoms with Crippen molar-refractivity contribution in [3.63, 3.8) is 0 Å². The Balaban J connectivity index is 1.77. The van der Waals surface area contributed by atoms with Crippen molar-refractivity contribution < 1.29 is 9.53 Å². The number of carbonyl (C=O) groups excluding carboxylic acids is 1. The number of methoxy groups -OCH3 is 1. The van der Waals surface area contributed by atoms with Crippen molar-refractivity contribution in [3.8, 4) is 11.4 Å². The highest BCUT2D eigenvalue weighted by Crippen LogP contribution is 2.22. The summed E-state index contributed by atoms with van der Waals surface area (Å²) in [6.45, 7) is 0.809. The second-order valence-electron chi connectivity index (χ2n) is 6.19. The molecule has 2 aromatic heterocycles. The van der Waals surface area contributed by atoms with Gasteiger partial charge in [0.1, 0.15) is 11.4 Å². The molecule has 0 saturated heterocycles. The summed E-state index contributed by atoms with van der Waals surface area (Å²) in [7, 11) is 1.58. The average Bonchev–Trinajstić information content (AvgIpc) is 2.73. The Morgan fingerprint density at radius 3 is 2.55 bits per heavy atom. The summed E-state index contributed by atoms with van der Waals surface area (Å²) in [5.41, 5.74) is 13.1. The number of carbonyl (C=O) groups is 1. The number of amides is 1. The van der Waals surface area contributed by atoms with Gasteiger partial charge in [-0.05, 0) is 30.3 Å². The monoisotopic (exact) mass is 394 g/mol. The second-order valence-corrected chi connectivity index (χ2v) is 6.19. The van der Waals surface area contributed by atoms with Crippen molar-refractivity contribution in [2.45, 2.75) is 6.04 Å². The van der Waals surface area contributed by atoms with E-state index in [-0.39, 0.29) is 11.6 Å². The summed E-state index contributed by atoms with van der Waals surface area (Å²) in [6.07, 6.45) is 4.73. The molecular weight excluding hydrogens is 372 g/mol. The topological polar surface area (TPSA) is 154 Å². The van der Waals surface area contributed by atoms with Gasteiger partial charge in [-0.2, -0.15) is 4.98 Å². The molecule has 0 aliphatic carbocycles. The number of anilines is 3. The highest BCUT2D eigenvalue weighted by atomic mass is 16.5. The van der Waals surface area contributed by atoms with E-state index in [1.807, 2.05) is 24.3 Å². The largest absolute Gasteiger partial charge is 0.383 e. The summed E-state index contributed by atoms with van der Waals surface area (Å²) < 4.78 is 5.00. The lowest BCUT2D eigenvalue weighted by Crippen LogP contribution is -2.33. The van der Waals surface area contributed by atoms with Gasteiger partial charge in [-0.1, -0.05) is 0 Å². The maximum atomic E-state index is 11.7.